The molecule has 3 aromatic rings. The Bertz CT molecular complexity index is 911. The highest BCUT2D eigenvalue weighted by molar-refractivity contribution is 9.10. The number of ketones is 1. The van der Waals surface area contributed by atoms with Crippen LogP contribution in [0.25, 0.3) is 11.4 Å². The van der Waals surface area contributed by atoms with E-state index in [0.717, 1.165) is 4.47 Å². The van der Waals surface area contributed by atoms with Crippen LogP contribution in [0.3, 0.4) is 0 Å². The fourth-order valence-electron chi connectivity index (χ4n) is 2.36. The number of benzene rings is 2. The summed E-state index contributed by atoms with van der Waals surface area (Å²) in [5.74, 6) is 0.0883. The lowest BCUT2D eigenvalue weighted by Crippen LogP contribution is -2.14. The van der Waals surface area contributed by atoms with Crippen LogP contribution in [0.4, 0.5) is 4.39 Å². The number of halogens is 2. The molecule has 0 aliphatic heterocycles. The van der Waals surface area contributed by atoms with E-state index in [9.17, 15) is 9.18 Å². The molecule has 0 N–H and O–H groups in total. The number of carbonyl (C=O) groups excluding carboxylic acids is 1. The van der Waals surface area contributed by atoms with E-state index < -0.39 is 0 Å². The van der Waals surface area contributed by atoms with Crippen LogP contribution >= 0.6 is 27.7 Å². The number of nitrogens with zero attached hydrogens (tertiary/aromatic N) is 3. The number of aromatic nitrogens is 3. The minimum atomic E-state index is -0.353. The fraction of sp³-hybridized carbons (Fsp3) is 0.167. The molecule has 4 nitrogen and oxygen atoms in total. The first-order chi connectivity index (χ1) is 12.0. The second kappa shape index (κ2) is 7.49. The first-order valence-electron chi connectivity index (χ1n) is 7.58. The smallest absolute Gasteiger partial charge is 0.191 e. The van der Waals surface area contributed by atoms with Crippen molar-refractivity contribution in [1.29, 1.82) is 0 Å². The van der Waals surface area contributed by atoms with E-state index in [0.29, 0.717) is 22.1 Å². The molecule has 0 aliphatic rings. The average molecular weight is 420 g/mol. The van der Waals surface area contributed by atoms with Crippen molar-refractivity contribution in [3.63, 3.8) is 0 Å². The highest BCUT2D eigenvalue weighted by Gasteiger charge is 2.21. The highest BCUT2D eigenvalue weighted by Crippen LogP contribution is 2.28. The van der Waals surface area contributed by atoms with Crippen LogP contribution in [0.1, 0.15) is 17.3 Å². The molecule has 3 rings (SSSR count). The molecule has 0 saturated carbocycles. The molecule has 1 heterocycles. The van der Waals surface area contributed by atoms with Gasteiger partial charge in [-0.1, -0.05) is 52.0 Å². The summed E-state index contributed by atoms with van der Waals surface area (Å²) in [4.78, 5) is 12.5. The SMILES string of the molecule is C[C@@H](Sc1nnc(-c2ccccc2F)n1C)C(=O)c1ccc(Br)cc1. The Morgan fingerprint density at radius 1 is 1.16 bits per heavy atom. The van der Waals surface area contributed by atoms with E-state index in [1.807, 2.05) is 19.1 Å². The number of Topliss-reactive ketones (excluding diaryl/α,β-unsaturated/α-hetero) is 1. The summed E-state index contributed by atoms with van der Waals surface area (Å²) < 4.78 is 16.6. The number of carbonyl (C=O) groups is 1. The minimum absolute atomic E-state index is 0.00735. The Morgan fingerprint density at radius 3 is 2.52 bits per heavy atom. The topological polar surface area (TPSA) is 47.8 Å². The maximum atomic E-state index is 14.0. The Morgan fingerprint density at radius 2 is 1.84 bits per heavy atom. The first-order valence-corrected chi connectivity index (χ1v) is 9.25. The average Bonchev–Trinajstić information content (AvgIpc) is 2.96. The third-order valence-corrected chi connectivity index (χ3v) is 5.39. The molecule has 2 aromatic carbocycles. The lowest BCUT2D eigenvalue weighted by molar-refractivity contribution is 0.0994. The molecule has 7 heteroatoms. The zero-order valence-corrected chi connectivity index (χ0v) is 16.0. The summed E-state index contributed by atoms with van der Waals surface area (Å²) in [6.45, 7) is 1.83. The van der Waals surface area contributed by atoms with Gasteiger partial charge >= 0.3 is 0 Å². The quantitative estimate of drug-likeness (QED) is 0.442. The lowest BCUT2D eigenvalue weighted by Gasteiger charge is -2.10. The van der Waals surface area contributed by atoms with Gasteiger partial charge in [0.05, 0.1) is 10.8 Å². The van der Waals surface area contributed by atoms with Crippen LogP contribution in [0.5, 0.6) is 0 Å². The minimum Gasteiger partial charge on any atom is -0.305 e. The van der Waals surface area contributed by atoms with Crippen LogP contribution in [0, 0.1) is 5.82 Å². The van der Waals surface area contributed by atoms with E-state index >= 15 is 0 Å². The molecule has 1 aromatic heterocycles. The van der Waals surface area contributed by atoms with E-state index in [1.54, 1.807) is 41.9 Å². The second-order valence-corrected chi connectivity index (χ2v) is 7.70. The molecule has 128 valence electrons. The van der Waals surface area contributed by atoms with Crippen molar-refractivity contribution in [2.24, 2.45) is 7.05 Å². The van der Waals surface area contributed by atoms with Gasteiger partial charge in [-0.3, -0.25) is 4.79 Å². The maximum Gasteiger partial charge on any atom is 0.191 e. The van der Waals surface area contributed by atoms with E-state index in [4.69, 9.17) is 0 Å². The Kier molecular flexibility index (Phi) is 5.34. The van der Waals surface area contributed by atoms with Gasteiger partial charge in [-0.05, 0) is 31.2 Å². The summed E-state index contributed by atoms with van der Waals surface area (Å²) in [7, 11) is 1.76. The van der Waals surface area contributed by atoms with Crippen molar-refractivity contribution in [3.05, 3.63) is 64.4 Å². The third-order valence-electron chi connectivity index (χ3n) is 3.73. The van der Waals surface area contributed by atoms with Gasteiger partial charge in [-0.2, -0.15) is 0 Å². The van der Waals surface area contributed by atoms with E-state index in [-0.39, 0.29) is 16.9 Å². The van der Waals surface area contributed by atoms with Crippen molar-refractivity contribution >= 4 is 33.5 Å². The lowest BCUT2D eigenvalue weighted by atomic mass is 10.1. The molecule has 25 heavy (non-hydrogen) atoms. The molecule has 1 atom stereocenters. The largest absolute Gasteiger partial charge is 0.305 e. The predicted octanol–water partition coefficient (Wildman–Crippen LogP) is 4.75. The zero-order valence-electron chi connectivity index (χ0n) is 13.6. The van der Waals surface area contributed by atoms with Gasteiger partial charge in [0, 0.05) is 17.1 Å². The normalized spacial score (nSPS) is 12.2. The maximum absolute atomic E-state index is 14.0. The molecule has 0 unspecified atom stereocenters. The van der Waals surface area contributed by atoms with Crippen LogP contribution in [0.15, 0.2) is 58.2 Å². The van der Waals surface area contributed by atoms with Crippen molar-refractivity contribution in [1.82, 2.24) is 14.8 Å². The number of thioether (sulfide) groups is 1. The summed E-state index contributed by atoms with van der Waals surface area (Å²) >= 11 is 4.66. The Hall–Kier alpha value is -1.99. The van der Waals surface area contributed by atoms with Crippen molar-refractivity contribution in [2.45, 2.75) is 17.3 Å². The molecule has 0 radical (unpaired) electrons. The second-order valence-electron chi connectivity index (χ2n) is 5.48. The molecule has 0 aliphatic carbocycles. The van der Waals surface area contributed by atoms with Gasteiger partial charge in [0.25, 0.3) is 0 Å². The molecular formula is C18H15BrFN3OS. The molecule has 0 bridgehead atoms. The van der Waals surface area contributed by atoms with Crippen molar-refractivity contribution < 1.29 is 9.18 Å². The van der Waals surface area contributed by atoms with Crippen molar-refractivity contribution in [2.75, 3.05) is 0 Å². The molecule has 0 fully saturated rings. The summed E-state index contributed by atoms with van der Waals surface area (Å²) in [5, 5.41) is 8.42. The monoisotopic (exact) mass is 419 g/mol. The van der Waals surface area contributed by atoms with Gasteiger partial charge in [0.1, 0.15) is 5.82 Å². The summed E-state index contributed by atoms with van der Waals surface area (Å²) in [6.07, 6.45) is 0. The summed E-state index contributed by atoms with van der Waals surface area (Å²) in [6, 6.07) is 13.7. The van der Waals surface area contributed by atoms with Crippen molar-refractivity contribution in [3.8, 4) is 11.4 Å². The molecule has 0 amide bonds. The van der Waals surface area contributed by atoms with Gasteiger partial charge in [0.2, 0.25) is 0 Å². The highest BCUT2D eigenvalue weighted by atomic mass is 79.9. The van der Waals surface area contributed by atoms with Gasteiger partial charge in [0.15, 0.2) is 16.8 Å². The zero-order chi connectivity index (χ0) is 18.0. The molecular weight excluding hydrogens is 405 g/mol. The van der Waals surface area contributed by atoms with Gasteiger partial charge in [-0.15, -0.1) is 10.2 Å². The summed E-state index contributed by atoms with van der Waals surface area (Å²) in [5.41, 5.74) is 1.02. The number of hydrogen-bond acceptors (Lipinski definition) is 4. The molecule has 0 saturated heterocycles. The fourth-order valence-corrected chi connectivity index (χ4v) is 3.51. The number of hydrogen-bond donors (Lipinski definition) is 0. The Balaban J connectivity index is 1.81. The van der Waals surface area contributed by atoms with Crippen LogP contribution in [-0.2, 0) is 7.05 Å². The first kappa shape index (κ1) is 17.8. The molecule has 0 spiro atoms. The standard InChI is InChI=1S/C18H15BrFN3OS/c1-11(16(24)12-7-9-13(19)10-8-12)25-18-22-21-17(23(18)2)14-5-3-4-6-15(14)20/h3-11H,1-2H3/t11-/m1/s1. The third kappa shape index (κ3) is 3.82. The van der Waals surface area contributed by atoms with E-state index in [1.165, 1.54) is 17.8 Å². The number of rotatable bonds is 5. The van der Waals surface area contributed by atoms with Gasteiger partial charge in [-0.25, -0.2) is 4.39 Å². The van der Waals surface area contributed by atoms with Gasteiger partial charge < -0.3 is 4.57 Å². The predicted molar refractivity (Wildman–Crippen MR) is 100 cm³/mol. The van der Waals surface area contributed by atoms with Crippen LogP contribution < -0.4 is 0 Å². The van der Waals surface area contributed by atoms with E-state index in [2.05, 4.69) is 26.1 Å². The van der Waals surface area contributed by atoms with Crippen LogP contribution in [-0.4, -0.2) is 25.8 Å². The van der Waals surface area contributed by atoms with Crippen LogP contribution in [0.2, 0.25) is 0 Å². The Labute approximate surface area is 157 Å².